The van der Waals surface area contributed by atoms with Crippen molar-refractivity contribution >= 4 is 27.7 Å². The van der Waals surface area contributed by atoms with E-state index in [4.69, 9.17) is 9.47 Å². The van der Waals surface area contributed by atoms with Gasteiger partial charge in [-0.1, -0.05) is 6.07 Å². The normalized spacial score (nSPS) is 15.6. The molecule has 1 N–H and O–H groups in total. The molecule has 118 valence electrons. The molecule has 6 heteroatoms. The molecule has 2 heterocycles. The first-order chi connectivity index (χ1) is 11.1. The van der Waals surface area contributed by atoms with Gasteiger partial charge in [-0.2, -0.15) is 0 Å². The number of fused-ring (bicyclic) bond motifs is 1. The number of nitrogens with zero attached hydrogens (tertiary/aromatic N) is 1. The molecule has 5 nitrogen and oxygen atoms in total. The second-order valence-electron chi connectivity index (χ2n) is 5.78. The lowest BCUT2D eigenvalue weighted by Crippen LogP contribution is -2.15. The Kier molecular flexibility index (Phi) is 3.49. The van der Waals surface area contributed by atoms with Crippen LogP contribution in [0.1, 0.15) is 18.5 Å². The molecular formula is C17H15BrN2O3. The van der Waals surface area contributed by atoms with Crippen molar-refractivity contribution in [2.45, 2.75) is 19.8 Å². The van der Waals surface area contributed by atoms with E-state index in [9.17, 15) is 4.79 Å². The second kappa shape index (κ2) is 5.53. The zero-order valence-electron chi connectivity index (χ0n) is 12.6. The number of rotatable bonds is 3. The number of hydrogen-bond acceptors (Lipinski definition) is 4. The average molecular weight is 375 g/mol. The Bertz CT molecular complexity index is 803. The third-order valence-corrected chi connectivity index (χ3v) is 4.83. The van der Waals surface area contributed by atoms with E-state index in [0.717, 1.165) is 39.9 Å². The molecule has 0 radical (unpaired) electrons. The molecule has 1 aliphatic heterocycles. The van der Waals surface area contributed by atoms with Gasteiger partial charge in [0.15, 0.2) is 11.5 Å². The molecule has 23 heavy (non-hydrogen) atoms. The van der Waals surface area contributed by atoms with Crippen molar-refractivity contribution in [2.75, 3.05) is 12.1 Å². The van der Waals surface area contributed by atoms with Crippen molar-refractivity contribution < 1.29 is 14.3 Å². The van der Waals surface area contributed by atoms with Crippen molar-refractivity contribution in [1.29, 1.82) is 0 Å². The van der Waals surface area contributed by atoms with E-state index in [0.29, 0.717) is 11.6 Å². The van der Waals surface area contributed by atoms with E-state index in [1.807, 2.05) is 31.2 Å². The Labute approximate surface area is 142 Å². The van der Waals surface area contributed by atoms with E-state index in [1.165, 1.54) is 0 Å². The molecule has 0 unspecified atom stereocenters. The van der Waals surface area contributed by atoms with Gasteiger partial charge in [0.25, 0.3) is 0 Å². The van der Waals surface area contributed by atoms with Gasteiger partial charge in [0, 0.05) is 16.0 Å². The number of carbonyl (C=O) groups excluding carboxylic acids is 1. The summed E-state index contributed by atoms with van der Waals surface area (Å²) in [6.45, 7) is 2.14. The number of nitrogens with one attached hydrogen (secondary N) is 1. The van der Waals surface area contributed by atoms with Crippen LogP contribution in [0.5, 0.6) is 11.5 Å². The minimum Gasteiger partial charge on any atom is -0.454 e. The predicted molar refractivity (Wildman–Crippen MR) is 89.6 cm³/mol. The first-order valence-electron chi connectivity index (χ1n) is 7.50. The number of carbonyl (C=O) groups is 1. The number of halogens is 1. The highest BCUT2D eigenvalue weighted by molar-refractivity contribution is 9.10. The Morgan fingerprint density at radius 1 is 1.26 bits per heavy atom. The highest BCUT2D eigenvalue weighted by Crippen LogP contribution is 2.39. The standard InChI is InChI=1S/C17H15BrN2O3/c1-9-13(18)7-12(16(19-9)20-17(21)10-2-3-10)11-4-5-14-15(6-11)23-8-22-14/h4-7,10H,2-3,8H2,1H3,(H,19,20,21). The van der Waals surface area contributed by atoms with Crippen molar-refractivity contribution in [3.63, 3.8) is 0 Å². The summed E-state index contributed by atoms with van der Waals surface area (Å²) in [6, 6.07) is 7.70. The summed E-state index contributed by atoms with van der Waals surface area (Å²) in [7, 11) is 0. The quantitative estimate of drug-likeness (QED) is 0.884. The van der Waals surface area contributed by atoms with E-state index in [-0.39, 0.29) is 18.6 Å². The van der Waals surface area contributed by atoms with Gasteiger partial charge < -0.3 is 14.8 Å². The molecule has 1 fully saturated rings. The van der Waals surface area contributed by atoms with Gasteiger partial charge in [0.05, 0.1) is 5.69 Å². The van der Waals surface area contributed by atoms with Gasteiger partial charge in [0.1, 0.15) is 5.82 Å². The van der Waals surface area contributed by atoms with Crippen LogP contribution in [0.2, 0.25) is 0 Å². The van der Waals surface area contributed by atoms with Gasteiger partial charge >= 0.3 is 0 Å². The number of aryl methyl sites for hydroxylation is 1. The third-order valence-electron chi connectivity index (χ3n) is 4.02. The summed E-state index contributed by atoms with van der Waals surface area (Å²) in [5, 5.41) is 2.96. The smallest absolute Gasteiger partial charge is 0.231 e. The molecule has 4 rings (SSSR count). The van der Waals surface area contributed by atoms with Gasteiger partial charge in [-0.05, 0) is 59.5 Å². The van der Waals surface area contributed by atoms with Crippen LogP contribution in [0.3, 0.4) is 0 Å². The summed E-state index contributed by atoms with van der Waals surface area (Å²) in [5.41, 5.74) is 2.61. The minimum atomic E-state index is 0.0428. The predicted octanol–water partition coefficient (Wildman–Crippen LogP) is 3.90. The molecule has 0 bridgehead atoms. The maximum absolute atomic E-state index is 12.1. The lowest BCUT2D eigenvalue weighted by molar-refractivity contribution is -0.117. The van der Waals surface area contributed by atoms with Gasteiger partial charge in [-0.3, -0.25) is 4.79 Å². The average Bonchev–Trinajstić information content (AvgIpc) is 3.28. The van der Waals surface area contributed by atoms with Crippen LogP contribution in [-0.2, 0) is 4.79 Å². The fourth-order valence-corrected chi connectivity index (χ4v) is 2.84. The molecule has 2 aromatic rings. The number of pyridine rings is 1. The highest BCUT2D eigenvalue weighted by Gasteiger charge is 2.30. The molecule has 1 amide bonds. The molecule has 2 aliphatic rings. The first kappa shape index (κ1) is 14.5. The van der Waals surface area contributed by atoms with Crippen molar-refractivity contribution in [3.05, 3.63) is 34.4 Å². The van der Waals surface area contributed by atoms with Crippen LogP contribution >= 0.6 is 15.9 Å². The zero-order chi connectivity index (χ0) is 16.0. The minimum absolute atomic E-state index is 0.0428. The van der Waals surface area contributed by atoms with Crippen LogP contribution in [0.4, 0.5) is 5.82 Å². The molecule has 0 spiro atoms. The maximum atomic E-state index is 12.1. The van der Waals surface area contributed by atoms with Crippen LogP contribution < -0.4 is 14.8 Å². The summed E-state index contributed by atoms with van der Waals surface area (Å²) in [6.07, 6.45) is 1.92. The number of ether oxygens (including phenoxy) is 2. The van der Waals surface area contributed by atoms with Crippen LogP contribution in [0.25, 0.3) is 11.1 Å². The Morgan fingerprint density at radius 2 is 2.04 bits per heavy atom. The van der Waals surface area contributed by atoms with Crippen molar-refractivity contribution in [3.8, 4) is 22.6 Å². The number of hydrogen-bond donors (Lipinski definition) is 1. The summed E-state index contributed by atoms with van der Waals surface area (Å²) in [5.74, 6) is 2.20. The van der Waals surface area contributed by atoms with Crippen LogP contribution in [0.15, 0.2) is 28.7 Å². The molecule has 1 aromatic heterocycles. The van der Waals surface area contributed by atoms with Crippen molar-refractivity contribution in [2.24, 2.45) is 5.92 Å². The van der Waals surface area contributed by atoms with Gasteiger partial charge in [0.2, 0.25) is 12.7 Å². The largest absolute Gasteiger partial charge is 0.454 e. The molecule has 0 saturated heterocycles. The number of amides is 1. The fourth-order valence-electron chi connectivity index (χ4n) is 2.52. The summed E-state index contributed by atoms with van der Waals surface area (Å²) in [4.78, 5) is 16.7. The highest BCUT2D eigenvalue weighted by atomic mass is 79.9. The number of anilines is 1. The zero-order valence-corrected chi connectivity index (χ0v) is 14.1. The fraction of sp³-hybridized carbons (Fsp3) is 0.294. The summed E-state index contributed by atoms with van der Waals surface area (Å²) >= 11 is 3.52. The van der Waals surface area contributed by atoms with Gasteiger partial charge in [-0.15, -0.1) is 0 Å². The maximum Gasteiger partial charge on any atom is 0.231 e. The number of aromatic nitrogens is 1. The number of benzene rings is 1. The molecular weight excluding hydrogens is 360 g/mol. The molecule has 1 aliphatic carbocycles. The molecule has 1 saturated carbocycles. The lowest BCUT2D eigenvalue weighted by atomic mass is 10.1. The third kappa shape index (κ3) is 2.79. The van der Waals surface area contributed by atoms with E-state index < -0.39 is 0 Å². The SMILES string of the molecule is Cc1nc(NC(=O)C2CC2)c(-c2ccc3c(c2)OCO3)cc1Br. The Hall–Kier alpha value is -2.08. The van der Waals surface area contributed by atoms with E-state index in [1.54, 1.807) is 0 Å². The van der Waals surface area contributed by atoms with Crippen LogP contribution in [0, 0.1) is 12.8 Å². The van der Waals surface area contributed by atoms with E-state index in [2.05, 4.69) is 26.2 Å². The monoisotopic (exact) mass is 374 g/mol. The topological polar surface area (TPSA) is 60.5 Å². The van der Waals surface area contributed by atoms with Gasteiger partial charge in [-0.25, -0.2) is 4.98 Å². The Balaban J connectivity index is 1.76. The first-order valence-corrected chi connectivity index (χ1v) is 8.29. The summed E-state index contributed by atoms with van der Waals surface area (Å²) < 4.78 is 11.7. The molecule has 1 aromatic carbocycles. The Morgan fingerprint density at radius 3 is 2.83 bits per heavy atom. The van der Waals surface area contributed by atoms with E-state index >= 15 is 0 Å². The second-order valence-corrected chi connectivity index (χ2v) is 6.64. The van der Waals surface area contributed by atoms with Crippen molar-refractivity contribution in [1.82, 2.24) is 4.98 Å². The lowest BCUT2D eigenvalue weighted by Gasteiger charge is -2.13. The molecule has 0 atom stereocenters. The van der Waals surface area contributed by atoms with Crippen LogP contribution in [-0.4, -0.2) is 17.7 Å².